The van der Waals surface area contributed by atoms with Gasteiger partial charge in [-0.25, -0.2) is 8.42 Å². The average Bonchev–Trinajstić information content (AvgIpc) is 3.10. The molecule has 0 bridgehead atoms. The van der Waals surface area contributed by atoms with E-state index in [2.05, 4.69) is 5.32 Å². The largest absolute Gasteiger partial charge is 0.459 e. The van der Waals surface area contributed by atoms with E-state index in [9.17, 15) is 13.2 Å². The van der Waals surface area contributed by atoms with Crippen molar-refractivity contribution in [1.82, 2.24) is 0 Å². The second-order valence-electron chi connectivity index (χ2n) is 5.17. The maximum Gasteiger partial charge on any atom is 0.291 e. The van der Waals surface area contributed by atoms with Crippen molar-refractivity contribution in [3.05, 3.63) is 47.9 Å². The Balaban J connectivity index is 1.89. The third-order valence-electron chi connectivity index (χ3n) is 3.58. The van der Waals surface area contributed by atoms with Crippen molar-refractivity contribution in [3.8, 4) is 0 Å². The third-order valence-corrected chi connectivity index (χ3v) is 5.44. The maximum atomic E-state index is 12.1. The lowest BCUT2D eigenvalue weighted by molar-refractivity contribution is 0.0996. The number of amides is 1. The number of anilines is 2. The van der Waals surface area contributed by atoms with E-state index in [0.29, 0.717) is 24.3 Å². The molecule has 1 saturated heterocycles. The van der Waals surface area contributed by atoms with Gasteiger partial charge in [0, 0.05) is 12.2 Å². The minimum absolute atomic E-state index is 0.162. The average molecular weight is 320 g/mol. The Labute approximate surface area is 128 Å². The highest BCUT2D eigenvalue weighted by molar-refractivity contribution is 7.93. The van der Waals surface area contributed by atoms with Crippen LogP contribution in [0.25, 0.3) is 0 Å². The number of furan rings is 1. The number of rotatable bonds is 3. The fraction of sp³-hybridized carbons (Fsp3) is 0.267. The Kier molecular flexibility index (Phi) is 3.66. The van der Waals surface area contributed by atoms with Crippen LogP contribution in [0.4, 0.5) is 11.4 Å². The van der Waals surface area contributed by atoms with Crippen molar-refractivity contribution >= 4 is 27.3 Å². The Morgan fingerprint density at radius 2 is 2.14 bits per heavy atom. The van der Waals surface area contributed by atoms with Gasteiger partial charge in [0.2, 0.25) is 10.0 Å². The Bertz CT molecular complexity index is 797. The van der Waals surface area contributed by atoms with Crippen LogP contribution >= 0.6 is 0 Å². The molecule has 1 aromatic heterocycles. The highest BCUT2D eigenvalue weighted by atomic mass is 32.2. The van der Waals surface area contributed by atoms with E-state index in [1.165, 1.54) is 10.6 Å². The molecule has 3 rings (SSSR count). The van der Waals surface area contributed by atoms with Gasteiger partial charge in [0.15, 0.2) is 5.76 Å². The number of nitrogens with one attached hydrogen (secondary N) is 1. The Hall–Kier alpha value is -2.28. The highest BCUT2D eigenvalue weighted by Gasteiger charge is 2.29. The highest BCUT2D eigenvalue weighted by Crippen LogP contribution is 2.30. The van der Waals surface area contributed by atoms with E-state index in [1.807, 2.05) is 6.92 Å². The topological polar surface area (TPSA) is 79.6 Å². The number of benzene rings is 1. The van der Waals surface area contributed by atoms with Gasteiger partial charge in [-0.1, -0.05) is 6.07 Å². The zero-order valence-electron chi connectivity index (χ0n) is 12.1. The van der Waals surface area contributed by atoms with E-state index in [1.54, 1.807) is 30.3 Å². The molecule has 1 aliphatic heterocycles. The summed E-state index contributed by atoms with van der Waals surface area (Å²) in [4.78, 5) is 12.0. The summed E-state index contributed by atoms with van der Waals surface area (Å²) in [5.41, 5.74) is 1.99. The van der Waals surface area contributed by atoms with Crippen molar-refractivity contribution in [2.45, 2.75) is 13.3 Å². The molecule has 1 aliphatic rings. The number of nitrogens with zero attached hydrogens (tertiary/aromatic N) is 1. The lowest BCUT2D eigenvalue weighted by Gasteiger charge is -2.20. The van der Waals surface area contributed by atoms with Crippen molar-refractivity contribution in [1.29, 1.82) is 0 Å². The summed E-state index contributed by atoms with van der Waals surface area (Å²) in [6.45, 7) is 2.32. The molecule has 1 amide bonds. The predicted molar refractivity (Wildman–Crippen MR) is 83.6 cm³/mol. The first-order valence-corrected chi connectivity index (χ1v) is 8.54. The first kappa shape index (κ1) is 14.6. The number of hydrogen-bond donors (Lipinski definition) is 1. The Morgan fingerprint density at radius 3 is 2.77 bits per heavy atom. The summed E-state index contributed by atoms with van der Waals surface area (Å²) in [7, 11) is -3.25. The summed E-state index contributed by atoms with van der Waals surface area (Å²) < 4.78 is 30.6. The van der Waals surface area contributed by atoms with Gasteiger partial charge in [-0.15, -0.1) is 0 Å². The molecule has 116 valence electrons. The third kappa shape index (κ3) is 2.71. The summed E-state index contributed by atoms with van der Waals surface area (Å²) in [5, 5.41) is 2.71. The molecular formula is C15H16N2O4S. The molecule has 2 aromatic rings. The molecule has 1 fully saturated rings. The predicted octanol–water partition coefficient (Wildman–Crippen LogP) is 2.38. The lowest BCUT2D eigenvalue weighted by atomic mass is 10.1. The van der Waals surface area contributed by atoms with Crippen LogP contribution in [0.2, 0.25) is 0 Å². The van der Waals surface area contributed by atoms with Crippen LogP contribution in [0.1, 0.15) is 22.5 Å². The van der Waals surface area contributed by atoms with E-state index in [0.717, 1.165) is 5.56 Å². The van der Waals surface area contributed by atoms with E-state index >= 15 is 0 Å². The molecule has 0 atom stereocenters. The number of carbonyl (C=O) groups is 1. The molecule has 0 radical (unpaired) electrons. The van der Waals surface area contributed by atoms with Crippen LogP contribution in [-0.2, 0) is 10.0 Å². The zero-order chi connectivity index (χ0) is 15.7. The quantitative estimate of drug-likeness (QED) is 0.941. The summed E-state index contributed by atoms with van der Waals surface area (Å²) >= 11 is 0. The number of hydrogen-bond acceptors (Lipinski definition) is 4. The van der Waals surface area contributed by atoms with Crippen LogP contribution in [0, 0.1) is 6.92 Å². The summed E-state index contributed by atoms with van der Waals surface area (Å²) in [5.74, 6) is -0.00454. The van der Waals surface area contributed by atoms with E-state index in [-0.39, 0.29) is 17.4 Å². The van der Waals surface area contributed by atoms with Gasteiger partial charge >= 0.3 is 0 Å². The van der Waals surface area contributed by atoms with Crippen molar-refractivity contribution in [3.63, 3.8) is 0 Å². The van der Waals surface area contributed by atoms with Crippen LogP contribution in [0.15, 0.2) is 41.0 Å². The first-order valence-electron chi connectivity index (χ1n) is 6.93. The summed E-state index contributed by atoms with van der Waals surface area (Å²) in [6.07, 6.45) is 2.04. The fourth-order valence-electron chi connectivity index (χ4n) is 2.47. The van der Waals surface area contributed by atoms with Crippen LogP contribution in [0.5, 0.6) is 0 Å². The second kappa shape index (κ2) is 5.49. The molecule has 0 aliphatic carbocycles. The van der Waals surface area contributed by atoms with Crippen LogP contribution in [-0.4, -0.2) is 26.6 Å². The van der Waals surface area contributed by atoms with Crippen molar-refractivity contribution in [2.24, 2.45) is 0 Å². The minimum atomic E-state index is -3.25. The van der Waals surface area contributed by atoms with E-state index in [4.69, 9.17) is 4.42 Å². The van der Waals surface area contributed by atoms with Crippen LogP contribution < -0.4 is 9.62 Å². The number of aryl methyl sites for hydroxylation is 1. The second-order valence-corrected chi connectivity index (χ2v) is 7.19. The normalized spacial score (nSPS) is 16.7. The molecule has 0 spiro atoms. The molecule has 0 unspecified atom stereocenters. The minimum Gasteiger partial charge on any atom is -0.459 e. The Morgan fingerprint density at radius 1 is 1.32 bits per heavy atom. The monoisotopic (exact) mass is 320 g/mol. The smallest absolute Gasteiger partial charge is 0.291 e. The van der Waals surface area contributed by atoms with Gasteiger partial charge in [-0.2, -0.15) is 0 Å². The maximum absolute atomic E-state index is 12.1. The SMILES string of the molecule is Cc1ccc(NC(=O)c2ccco2)cc1N1CCCS1(=O)=O. The van der Waals surface area contributed by atoms with Gasteiger partial charge in [0.25, 0.3) is 5.91 Å². The molecule has 6 nitrogen and oxygen atoms in total. The lowest BCUT2D eigenvalue weighted by Crippen LogP contribution is -2.26. The molecule has 0 saturated carbocycles. The van der Waals surface area contributed by atoms with Gasteiger partial charge in [0.1, 0.15) is 0 Å². The van der Waals surface area contributed by atoms with Crippen molar-refractivity contribution < 1.29 is 17.6 Å². The standard InChI is InChI=1S/C15H16N2O4S/c1-11-5-6-12(16-15(18)14-4-2-8-21-14)10-13(11)17-7-3-9-22(17,19)20/h2,4-6,8,10H,3,7,9H2,1H3,(H,16,18). The van der Waals surface area contributed by atoms with Gasteiger partial charge in [-0.05, 0) is 43.2 Å². The first-order chi connectivity index (χ1) is 10.5. The van der Waals surface area contributed by atoms with Gasteiger partial charge in [-0.3, -0.25) is 9.10 Å². The molecule has 1 aromatic carbocycles. The fourth-order valence-corrected chi connectivity index (χ4v) is 4.08. The summed E-state index contributed by atoms with van der Waals surface area (Å²) in [6, 6.07) is 8.41. The van der Waals surface area contributed by atoms with Crippen LogP contribution in [0.3, 0.4) is 0 Å². The molecule has 1 N–H and O–H groups in total. The zero-order valence-corrected chi connectivity index (χ0v) is 12.9. The van der Waals surface area contributed by atoms with Gasteiger partial charge < -0.3 is 9.73 Å². The number of sulfonamides is 1. The molecule has 7 heteroatoms. The number of carbonyl (C=O) groups excluding carboxylic acids is 1. The van der Waals surface area contributed by atoms with Gasteiger partial charge in [0.05, 0.1) is 17.7 Å². The molecular weight excluding hydrogens is 304 g/mol. The van der Waals surface area contributed by atoms with Crippen molar-refractivity contribution in [2.75, 3.05) is 21.9 Å². The molecule has 2 heterocycles. The van der Waals surface area contributed by atoms with E-state index < -0.39 is 10.0 Å². The molecule has 22 heavy (non-hydrogen) atoms.